The smallest absolute Gasteiger partial charge is 0.410 e. The molecule has 8 nitrogen and oxygen atoms in total. The lowest BCUT2D eigenvalue weighted by atomic mass is 10.0. The molecule has 37 heavy (non-hydrogen) atoms. The zero-order valence-electron chi connectivity index (χ0n) is 21.8. The number of nitrogens with zero attached hydrogens (tertiary/aromatic N) is 4. The van der Waals surface area contributed by atoms with Gasteiger partial charge in [0.1, 0.15) is 34.9 Å². The molecule has 1 fully saturated rings. The Labute approximate surface area is 217 Å². The van der Waals surface area contributed by atoms with Crippen molar-refractivity contribution in [2.24, 2.45) is 0 Å². The molecule has 192 valence electrons. The summed E-state index contributed by atoms with van der Waals surface area (Å²) in [6.07, 6.45) is 2.86. The number of carbonyl (C=O) groups excluding carboxylic acids is 1. The van der Waals surface area contributed by atoms with Gasteiger partial charge in [-0.3, -0.25) is 0 Å². The van der Waals surface area contributed by atoms with Gasteiger partial charge in [0.05, 0.1) is 5.39 Å². The van der Waals surface area contributed by atoms with Gasteiger partial charge in [0, 0.05) is 30.4 Å². The highest BCUT2D eigenvalue weighted by Gasteiger charge is 2.30. The molecule has 0 aliphatic carbocycles. The molecule has 0 radical (unpaired) electrons. The van der Waals surface area contributed by atoms with E-state index in [9.17, 15) is 4.79 Å². The van der Waals surface area contributed by atoms with Crippen LogP contribution >= 0.6 is 0 Å². The maximum atomic E-state index is 12.6. The van der Waals surface area contributed by atoms with E-state index in [0.29, 0.717) is 18.9 Å². The van der Waals surface area contributed by atoms with E-state index >= 15 is 0 Å². The van der Waals surface area contributed by atoms with Gasteiger partial charge < -0.3 is 24.7 Å². The topological polar surface area (TPSA) is 95.5 Å². The molecule has 0 saturated carbocycles. The lowest BCUT2D eigenvalue weighted by molar-refractivity contribution is 0.0189. The van der Waals surface area contributed by atoms with Crippen LogP contribution in [0.15, 0.2) is 60.9 Å². The van der Waals surface area contributed by atoms with Crippen LogP contribution in [0.25, 0.3) is 22.2 Å². The van der Waals surface area contributed by atoms with Gasteiger partial charge in [-0.1, -0.05) is 30.3 Å². The van der Waals surface area contributed by atoms with Gasteiger partial charge in [-0.15, -0.1) is 0 Å². The van der Waals surface area contributed by atoms with Gasteiger partial charge in [-0.2, -0.15) is 0 Å². The fraction of sp³-hybridized carbons (Fsp3) is 0.345. The molecule has 5 rings (SSSR count). The highest BCUT2D eigenvalue weighted by atomic mass is 16.6. The van der Waals surface area contributed by atoms with Crippen LogP contribution in [0.1, 0.15) is 45.3 Å². The average Bonchev–Trinajstić information content (AvgIpc) is 3.17. The van der Waals surface area contributed by atoms with Crippen LogP contribution in [0.3, 0.4) is 0 Å². The molecular weight excluding hydrogens is 466 g/mol. The molecule has 1 saturated heterocycles. The molecule has 2 N–H and O–H groups in total. The van der Waals surface area contributed by atoms with E-state index in [4.69, 9.17) is 15.2 Å². The number of aromatic nitrogens is 3. The van der Waals surface area contributed by atoms with Crippen molar-refractivity contribution in [3.8, 4) is 22.6 Å². The van der Waals surface area contributed by atoms with Crippen LogP contribution in [-0.4, -0.2) is 44.2 Å². The van der Waals surface area contributed by atoms with Crippen molar-refractivity contribution in [1.29, 1.82) is 0 Å². The van der Waals surface area contributed by atoms with Gasteiger partial charge in [-0.25, -0.2) is 14.8 Å². The van der Waals surface area contributed by atoms with Gasteiger partial charge in [0.15, 0.2) is 0 Å². The first-order valence-corrected chi connectivity index (χ1v) is 12.6. The Morgan fingerprint density at radius 3 is 2.27 bits per heavy atom. The standard InChI is InChI=1S/C29H33N5O3/c1-19-24(20-10-12-23(13-11-20)36-22-8-6-5-7-9-22)25-26(30)31-18-32-27(25)34(19)21-14-16-33(17-15-21)28(35)37-29(2,3)4/h5-13,18,21H,14-17H2,1-4H3,(H2,30,31,32). The number of carbonyl (C=O) groups is 1. The molecule has 2 aromatic carbocycles. The first-order valence-electron chi connectivity index (χ1n) is 12.6. The van der Waals surface area contributed by atoms with Crippen molar-refractivity contribution in [2.75, 3.05) is 18.8 Å². The Balaban J connectivity index is 1.44. The molecule has 0 bridgehead atoms. The number of hydrogen-bond donors (Lipinski definition) is 1. The third-order valence-corrected chi connectivity index (χ3v) is 6.66. The van der Waals surface area contributed by atoms with E-state index in [1.165, 1.54) is 6.33 Å². The molecular formula is C29H33N5O3. The van der Waals surface area contributed by atoms with Crippen molar-refractivity contribution >= 4 is 22.9 Å². The van der Waals surface area contributed by atoms with Gasteiger partial charge in [0.25, 0.3) is 0 Å². The second kappa shape index (κ2) is 9.76. The molecule has 3 heterocycles. The number of amides is 1. The molecule has 1 amide bonds. The van der Waals surface area contributed by atoms with Crippen LogP contribution in [0.5, 0.6) is 11.5 Å². The second-order valence-electron chi connectivity index (χ2n) is 10.4. The van der Waals surface area contributed by atoms with Crippen molar-refractivity contribution < 1.29 is 14.3 Å². The van der Waals surface area contributed by atoms with Crippen molar-refractivity contribution in [3.63, 3.8) is 0 Å². The molecule has 8 heteroatoms. The minimum Gasteiger partial charge on any atom is -0.457 e. The van der Waals surface area contributed by atoms with E-state index in [1.54, 1.807) is 4.90 Å². The summed E-state index contributed by atoms with van der Waals surface area (Å²) in [4.78, 5) is 23.3. The van der Waals surface area contributed by atoms with E-state index in [2.05, 4.69) is 21.5 Å². The Kier molecular flexibility index (Phi) is 6.50. The minimum atomic E-state index is -0.508. The zero-order chi connectivity index (χ0) is 26.2. The Hall–Kier alpha value is -4.07. The van der Waals surface area contributed by atoms with E-state index in [0.717, 1.165) is 52.2 Å². The number of anilines is 1. The molecule has 2 aromatic heterocycles. The predicted molar refractivity (Wildman–Crippen MR) is 145 cm³/mol. The molecule has 1 aliphatic heterocycles. The highest BCUT2D eigenvalue weighted by molar-refractivity contribution is 6.02. The van der Waals surface area contributed by atoms with Gasteiger partial charge in [-0.05, 0) is 70.4 Å². The minimum absolute atomic E-state index is 0.185. The largest absolute Gasteiger partial charge is 0.457 e. The maximum absolute atomic E-state index is 12.6. The number of piperidine rings is 1. The quantitative estimate of drug-likeness (QED) is 0.351. The molecule has 0 spiro atoms. The number of nitrogen functional groups attached to an aromatic ring is 1. The molecule has 0 unspecified atom stereocenters. The SMILES string of the molecule is Cc1c(-c2ccc(Oc3ccccc3)cc2)c2c(N)ncnc2n1C1CCN(C(=O)OC(C)(C)C)CC1. The van der Waals surface area contributed by atoms with E-state index in [-0.39, 0.29) is 12.1 Å². The normalized spacial score (nSPS) is 14.6. The number of likely N-dealkylation sites (tertiary alicyclic amines) is 1. The Morgan fingerprint density at radius 1 is 0.973 bits per heavy atom. The number of rotatable bonds is 4. The summed E-state index contributed by atoms with van der Waals surface area (Å²) in [7, 11) is 0. The average molecular weight is 500 g/mol. The first kappa shape index (κ1) is 24.6. The monoisotopic (exact) mass is 499 g/mol. The Bertz CT molecular complexity index is 1400. The zero-order valence-corrected chi connectivity index (χ0v) is 21.8. The van der Waals surface area contributed by atoms with Gasteiger partial charge >= 0.3 is 6.09 Å². The fourth-order valence-corrected chi connectivity index (χ4v) is 5.02. The van der Waals surface area contributed by atoms with Crippen molar-refractivity contribution in [3.05, 3.63) is 66.6 Å². The molecule has 4 aromatic rings. The van der Waals surface area contributed by atoms with Crippen molar-refractivity contribution in [1.82, 2.24) is 19.4 Å². The lowest BCUT2D eigenvalue weighted by Crippen LogP contribution is -2.42. The van der Waals surface area contributed by atoms with Crippen LogP contribution in [0.2, 0.25) is 0 Å². The number of nitrogens with two attached hydrogens (primary N) is 1. The van der Waals surface area contributed by atoms with Crippen LogP contribution in [0, 0.1) is 6.92 Å². The fourth-order valence-electron chi connectivity index (χ4n) is 5.02. The summed E-state index contributed by atoms with van der Waals surface area (Å²) in [5.41, 5.74) is 9.84. The first-order chi connectivity index (χ1) is 17.7. The maximum Gasteiger partial charge on any atom is 0.410 e. The number of hydrogen-bond acceptors (Lipinski definition) is 6. The second-order valence-corrected chi connectivity index (χ2v) is 10.4. The predicted octanol–water partition coefficient (Wildman–Crippen LogP) is 6.35. The van der Waals surface area contributed by atoms with Gasteiger partial charge in [0.2, 0.25) is 0 Å². The summed E-state index contributed by atoms with van der Waals surface area (Å²) >= 11 is 0. The number of para-hydroxylation sites is 1. The van der Waals surface area contributed by atoms with Crippen LogP contribution in [-0.2, 0) is 4.74 Å². The van der Waals surface area contributed by atoms with E-state index < -0.39 is 5.60 Å². The highest BCUT2D eigenvalue weighted by Crippen LogP contribution is 2.40. The summed E-state index contributed by atoms with van der Waals surface area (Å²) < 4.78 is 13.8. The summed E-state index contributed by atoms with van der Waals surface area (Å²) in [6.45, 7) is 9.02. The van der Waals surface area contributed by atoms with Crippen molar-refractivity contribution in [2.45, 2.75) is 52.2 Å². The van der Waals surface area contributed by atoms with E-state index in [1.807, 2.05) is 75.4 Å². The third-order valence-electron chi connectivity index (χ3n) is 6.66. The lowest BCUT2D eigenvalue weighted by Gasteiger charge is -2.34. The Morgan fingerprint density at radius 2 is 1.62 bits per heavy atom. The number of fused-ring (bicyclic) bond motifs is 1. The van der Waals surface area contributed by atoms with Crippen LogP contribution in [0.4, 0.5) is 10.6 Å². The molecule has 0 atom stereocenters. The summed E-state index contributed by atoms with van der Waals surface area (Å²) in [6, 6.07) is 17.9. The number of benzene rings is 2. The number of ether oxygens (including phenoxy) is 2. The summed E-state index contributed by atoms with van der Waals surface area (Å²) in [5, 5.41) is 0.853. The molecule has 1 aliphatic rings. The summed E-state index contributed by atoms with van der Waals surface area (Å²) in [5.74, 6) is 2.01. The van der Waals surface area contributed by atoms with Crippen LogP contribution < -0.4 is 10.5 Å². The third kappa shape index (κ3) is 5.09.